The number of anilines is 2. The average Bonchev–Trinajstić information content (AvgIpc) is 3.36. The molecule has 210 valence electrons. The van der Waals surface area contributed by atoms with Crippen molar-refractivity contribution < 1.29 is 32.3 Å². The number of pyridine rings is 1. The molecule has 2 aliphatic carbocycles. The number of imide groups is 1. The first-order valence-corrected chi connectivity index (χ1v) is 13.4. The number of nitrogens with zero attached hydrogens (tertiary/aromatic N) is 3. The quantitative estimate of drug-likeness (QED) is 0.556. The van der Waals surface area contributed by atoms with Gasteiger partial charge >= 0.3 is 12.2 Å². The number of hydrogen-bond acceptors (Lipinski definition) is 5. The van der Waals surface area contributed by atoms with Gasteiger partial charge in [0, 0.05) is 17.4 Å². The Labute approximate surface area is 228 Å². The van der Waals surface area contributed by atoms with E-state index in [9.17, 15) is 32.3 Å². The Morgan fingerprint density at radius 3 is 2.48 bits per heavy atom. The van der Waals surface area contributed by atoms with Crippen molar-refractivity contribution in [3.05, 3.63) is 53.2 Å². The van der Waals surface area contributed by atoms with E-state index < -0.39 is 48.1 Å². The number of amides is 5. The Morgan fingerprint density at radius 2 is 1.75 bits per heavy atom. The molecule has 9 nitrogen and oxygen atoms in total. The Bertz CT molecular complexity index is 1420. The van der Waals surface area contributed by atoms with Gasteiger partial charge < -0.3 is 15.5 Å². The summed E-state index contributed by atoms with van der Waals surface area (Å²) in [5.41, 5.74) is 0.892. The average molecular weight is 556 g/mol. The van der Waals surface area contributed by atoms with Crippen LogP contribution in [-0.2, 0) is 32.6 Å². The lowest BCUT2D eigenvalue weighted by Crippen LogP contribution is -2.52. The van der Waals surface area contributed by atoms with E-state index in [4.69, 9.17) is 0 Å². The Morgan fingerprint density at radius 1 is 1.02 bits per heavy atom. The van der Waals surface area contributed by atoms with Gasteiger partial charge in [-0.3, -0.25) is 19.3 Å². The molecule has 5 amide bonds. The lowest BCUT2D eigenvalue weighted by atomic mass is 9.79. The monoisotopic (exact) mass is 555 g/mol. The highest BCUT2D eigenvalue weighted by Gasteiger charge is 2.59. The molecule has 1 saturated heterocycles. The van der Waals surface area contributed by atoms with Gasteiger partial charge in [0.05, 0.1) is 5.41 Å². The fraction of sp³-hybridized carbons (Fsp3) is 0.464. The number of benzene rings is 1. The molecule has 1 atom stereocenters. The normalized spacial score (nSPS) is 23.4. The van der Waals surface area contributed by atoms with E-state index in [1.54, 1.807) is 24.4 Å². The summed E-state index contributed by atoms with van der Waals surface area (Å²) in [5.74, 6) is -1.07. The van der Waals surface area contributed by atoms with Gasteiger partial charge in [0.25, 0.3) is 5.91 Å². The molecule has 3 heterocycles. The number of fused-ring (bicyclic) bond motifs is 3. The van der Waals surface area contributed by atoms with Gasteiger partial charge in [0.1, 0.15) is 24.4 Å². The van der Waals surface area contributed by atoms with Gasteiger partial charge in [0.15, 0.2) is 0 Å². The lowest BCUT2D eigenvalue weighted by molar-refractivity contribution is -0.155. The van der Waals surface area contributed by atoms with Crippen LogP contribution >= 0.6 is 0 Å². The molecule has 0 bridgehead atoms. The summed E-state index contributed by atoms with van der Waals surface area (Å²) in [6.07, 6.45) is 0.991. The number of alkyl halides is 3. The van der Waals surface area contributed by atoms with Crippen molar-refractivity contribution in [2.24, 2.45) is 0 Å². The van der Waals surface area contributed by atoms with Crippen LogP contribution in [0.5, 0.6) is 0 Å². The molecule has 4 aliphatic rings. The fourth-order valence-electron chi connectivity index (χ4n) is 6.81. The molecule has 0 radical (unpaired) electrons. The summed E-state index contributed by atoms with van der Waals surface area (Å²) < 4.78 is 39.7. The topological polar surface area (TPSA) is 112 Å². The summed E-state index contributed by atoms with van der Waals surface area (Å²) in [7, 11) is 0. The van der Waals surface area contributed by atoms with Gasteiger partial charge in [-0.05, 0) is 55.0 Å². The van der Waals surface area contributed by atoms with E-state index in [0.717, 1.165) is 34.4 Å². The van der Waals surface area contributed by atoms with Crippen LogP contribution < -0.4 is 10.6 Å². The first-order valence-electron chi connectivity index (χ1n) is 13.4. The van der Waals surface area contributed by atoms with Crippen LogP contribution in [-0.4, -0.2) is 63.3 Å². The highest BCUT2D eigenvalue weighted by molar-refractivity contribution is 6.09. The number of hydrogen-bond donors (Lipinski definition) is 2. The second kappa shape index (κ2) is 9.31. The van der Waals surface area contributed by atoms with Gasteiger partial charge in [-0.1, -0.05) is 37.8 Å². The third kappa shape index (κ3) is 4.20. The summed E-state index contributed by atoms with van der Waals surface area (Å²) in [6, 6.07) is 7.89. The maximum Gasteiger partial charge on any atom is 0.406 e. The van der Waals surface area contributed by atoms with E-state index in [1.165, 1.54) is 0 Å². The van der Waals surface area contributed by atoms with Crippen molar-refractivity contribution in [3.63, 3.8) is 0 Å². The lowest BCUT2D eigenvalue weighted by Gasteiger charge is -2.34. The summed E-state index contributed by atoms with van der Waals surface area (Å²) >= 11 is 0. The van der Waals surface area contributed by atoms with Crippen molar-refractivity contribution in [1.82, 2.24) is 14.8 Å². The van der Waals surface area contributed by atoms with Gasteiger partial charge in [-0.2, -0.15) is 13.2 Å². The maximum absolute atomic E-state index is 13.2. The molecule has 6 rings (SSSR count). The highest BCUT2D eigenvalue weighted by Crippen LogP contribution is 2.47. The van der Waals surface area contributed by atoms with E-state index in [1.807, 2.05) is 12.1 Å². The largest absolute Gasteiger partial charge is 0.406 e. The van der Waals surface area contributed by atoms with Crippen molar-refractivity contribution in [1.29, 1.82) is 0 Å². The molecule has 0 unspecified atom stereocenters. The van der Waals surface area contributed by atoms with E-state index in [0.29, 0.717) is 37.2 Å². The second-order valence-electron chi connectivity index (χ2n) is 11.1. The van der Waals surface area contributed by atoms with Crippen LogP contribution in [0.25, 0.3) is 0 Å². The Balaban J connectivity index is 1.21. The third-order valence-electron chi connectivity index (χ3n) is 8.66. The number of halogens is 3. The number of carbonyl (C=O) groups is 4. The number of urea groups is 1. The van der Waals surface area contributed by atoms with Gasteiger partial charge in [-0.25, -0.2) is 9.78 Å². The number of rotatable bonds is 4. The molecule has 40 heavy (non-hydrogen) atoms. The third-order valence-corrected chi connectivity index (χ3v) is 8.66. The van der Waals surface area contributed by atoms with Crippen LogP contribution in [0.4, 0.5) is 29.5 Å². The van der Waals surface area contributed by atoms with Gasteiger partial charge in [-0.15, -0.1) is 0 Å². The van der Waals surface area contributed by atoms with Crippen molar-refractivity contribution in [2.75, 3.05) is 23.7 Å². The summed E-state index contributed by atoms with van der Waals surface area (Å²) in [5, 5.41) is 5.60. The standard InChI is InChI=1S/C28H28F3N5O4/c29-28(30,31)16-35-24(39)27(9-3-1-2-4-10-27)36(25(35)40)15-21(37)33-19-8-7-17-13-26(14-18(17)12-19)20-6-5-11-32-22(20)34-23(26)38/h5-8,11-12H,1-4,9-10,13-16H2,(H,33,37)(H,32,34,38)/t26-/m1/s1. The number of aromatic nitrogens is 1. The molecule has 2 aromatic rings. The predicted molar refractivity (Wildman–Crippen MR) is 137 cm³/mol. The minimum Gasteiger partial charge on any atom is -0.325 e. The zero-order valence-electron chi connectivity index (χ0n) is 21.6. The van der Waals surface area contributed by atoms with Crippen LogP contribution in [0.3, 0.4) is 0 Å². The van der Waals surface area contributed by atoms with E-state index in [2.05, 4.69) is 15.6 Å². The first-order chi connectivity index (χ1) is 19.0. The molecule has 1 aromatic heterocycles. The molecule has 1 aromatic carbocycles. The summed E-state index contributed by atoms with van der Waals surface area (Å²) in [4.78, 5) is 58.0. The Kier molecular flexibility index (Phi) is 6.11. The molecule has 2 N–H and O–H groups in total. The van der Waals surface area contributed by atoms with E-state index >= 15 is 0 Å². The van der Waals surface area contributed by atoms with Crippen molar-refractivity contribution >= 4 is 35.3 Å². The summed E-state index contributed by atoms with van der Waals surface area (Å²) in [6.45, 7) is -2.22. The van der Waals surface area contributed by atoms with Crippen LogP contribution in [0.2, 0.25) is 0 Å². The van der Waals surface area contributed by atoms with Crippen molar-refractivity contribution in [2.45, 2.75) is 68.5 Å². The van der Waals surface area contributed by atoms with Crippen LogP contribution in [0, 0.1) is 0 Å². The SMILES string of the molecule is O=C(CN1C(=O)N(CC(F)(F)F)C(=O)C12CCCCCC2)Nc1ccc2c(c1)C[C@@]1(C2)C(=O)Nc2ncccc21. The zero-order chi connectivity index (χ0) is 28.3. The van der Waals surface area contributed by atoms with E-state index in [-0.39, 0.29) is 23.6 Å². The van der Waals surface area contributed by atoms with Crippen LogP contribution in [0.15, 0.2) is 36.5 Å². The molecule has 1 saturated carbocycles. The molecule has 12 heteroatoms. The Hall–Kier alpha value is -3.96. The molecule has 2 spiro atoms. The first kappa shape index (κ1) is 26.3. The number of carbonyl (C=O) groups excluding carboxylic acids is 4. The number of nitrogens with one attached hydrogen (secondary N) is 2. The molecular weight excluding hydrogens is 527 g/mol. The molecule has 2 aliphatic heterocycles. The predicted octanol–water partition coefficient (Wildman–Crippen LogP) is 3.93. The highest BCUT2D eigenvalue weighted by atomic mass is 19.4. The smallest absolute Gasteiger partial charge is 0.325 e. The molecule has 2 fully saturated rings. The van der Waals surface area contributed by atoms with Crippen LogP contribution in [0.1, 0.15) is 55.2 Å². The van der Waals surface area contributed by atoms with Gasteiger partial charge in [0.2, 0.25) is 11.8 Å². The minimum absolute atomic E-state index is 0.127. The molecular formula is C28H28F3N5O4. The minimum atomic E-state index is -4.75. The second-order valence-corrected chi connectivity index (χ2v) is 11.1. The fourth-order valence-corrected chi connectivity index (χ4v) is 6.81. The zero-order valence-corrected chi connectivity index (χ0v) is 21.6. The maximum atomic E-state index is 13.2. The van der Waals surface area contributed by atoms with Crippen molar-refractivity contribution in [3.8, 4) is 0 Å².